The van der Waals surface area contributed by atoms with Crippen LogP contribution >= 0.6 is 0 Å². The van der Waals surface area contributed by atoms with Crippen LogP contribution in [0.2, 0.25) is 0 Å². The molecule has 0 amide bonds. The second-order valence-corrected chi connectivity index (χ2v) is 4.01. The van der Waals surface area contributed by atoms with Crippen molar-refractivity contribution >= 4 is 5.69 Å². The topological polar surface area (TPSA) is 35.2 Å². The Hall–Kier alpha value is -2.03. The quantitative estimate of drug-likeness (QED) is 0.797. The number of benzene rings is 2. The minimum atomic E-state index is -0.374. The minimum absolute atomic E-state index is 0.222. The predicted molar refractivity (Wildman–Crippen MR) is 66.8 cm³/mol. The maximum atomic E-state index is 13.4. The SMILES string of the molecule is Cc1cc(Oc2ccccc2F)c(C)cc1N. The van der Waals surface area contributed by atoms with Crippen LogP contribution in [-0.2, 0) is 0 Å². The highest BCUT2D eigenvalue weighted by Gasteiger charge is 2.07. The van der Waals surface area contributed by atoms with Gasteiger partial charge in [-0.2, -0.15) is 0 Å². The van der Waals surface area contributed by atoms with Gasteiger partial charge in [0.1, 0.15) is 5.75 Å². The van der Waals surface area contributed by atoms with Crippen LogP contribution in [0.1, 0.15) is 11.1 Å². The maximum Gasteiger partial charge on any atom is 0.165 e. The third kappa shape index (κ3) is 2.38. The largest absolute Gasteiger partial charge is 0.454 e. The summed E-state index contributed by atoms with van der Waals surface area (Å²) >= 11 is 0. The highest BCUT2D eigenvalue weighted by atomic mass is 19.1. The molecular weight excluding hydrogens is 217 g/mol. The van der Waals surface area contributed by atoms with Gasteiger partial charge in [-0.1, -0.05) is 12.1 Å². The molecule has 0 saturated heterocycles. The van der Waals surface area contributed by atoms with Crippen molar-refractivity contribution in [1.82, 2.24) is 0 Å². The van der Waals surface area contributed by atoms with E-state index in [-0.39, 0.29) is 11.6 Å². The third-order valence-electron chi connectivity index (χ3n) is 2.62. The lowest BCUT2D eigenvalue weighted by molar-refractivity contribution is 0.439. The first kappa shape index (κ1) is 11.5. The van der Waals surface area contributed by atoms with Crippen LogP contribution in [0.15, 0.2) is 36.4 Å². The van der Waals surface area contributed by atoms with E-state index in [9.17, 15) is 4.39 Å². The zero-order valence-corrected chi connectivity index (χ0v) is 9.83. The summed E-state index contributed by atoms with van der Waals surface area (Å²) in [6.07, 6.45) is 0. The van der Waals surface area contributed by atoms with E-state index in [2.05, 4.69) is 0 Å². The lowest BCUT2D eigenvalue weighted by atomic mass is 10.1. The zero-order chi connectivity index (χ0) is 12.4. The summed E-state index contributed by atoms with van der Waals surface area (Å²) in [4.78, 5) is 0. The standard InChI is InChI=1S/C14H14FNO/c1-9-8-14(10(2)7-12(9)16)17-13-6-4-3-5-11(13)15/h3-8H,16H2,1-2H3. The second-order valence-electron chi connectivity index (χ2n) is 4.01. The van der Waals surface area contributed by atoms with Gasteiger partial charge in [0.25, 0.3) is 0 Å². The highest BCUT2D eigenvalue weighted by molar-refractivity contribution is 5.54. The molecule has 3 heteroatoms. The number of halogens is 1. The number of ether oxygens (including phenoxy) is 1. The molecule has 0 spiro atoms. The molecule has 0 unspecified atom stereocenters. The number of rotatable bonds is 2. The van der Waals surface area contributed by atoms with E-state index in [1.807, 2.05) is 26.0 Å². The molecule has 17 heavy (non-hydrogen) atoms. The summed E-state index contributed by atoms with van der Waals surface area (Å²) in [7, 11) is 0. The van der Waals surface area contributed by atoms with Crippen molar-refractivity contribution in [2.75, 3.05) is 5.73 Å². The van der Waals surface area contributed by atoms with Crippen molar-refractivity contribution < 1.29 is 9.13 Å². The minimum Gasteiger partial charge on any atom is -0.454 e. The van der Waals surface area contributed by atoms with Gasteiger partial charge in [-0.15, -0.1) is 0 Å². The average molecular weight is 231 g/mol. The van der Waals surface area contributed by atoms with E-state index >= 15 is 0 Å². The van der Waals surface area contributed by atoms with Gasteiger partial charge in [-0.3, -0.25) is 0 Å². The molecule has 2 aromatic rings. The molecule has 0 atom stereocenters. The van der Waals surface area contributed by atoms with E-state index in [0.29, 0.717) is 11.4 Å². The fourth-order valence-corrected chi connectivity index (χ4v) is 1.57. The second kappa shape index (κ2) is 4.45. The number of nitrogen functional groups attached to an aromatic ring is 1. The molecule has 0 saturated carbocycles. The predicted octanol–water partition coefficient (Wildman–Crippen LogP) is 3.82. The van der Waals surface area contributed by atoms with E-state index in [1.54, 1.807) is 18.2 Å². The van der Waals surface area contributed by atoms with Gasteiger partial charge in [0, 0.05) is 5.69 Å². The number of nitrogens with two attached hydrogens (primary N) is 1. The molecule has 2 aromatic carbocycles. The zero-order valence-electron chi connectivity index (χ0n) is 9.83. The maximum absolute atomic E-state index is 13.4. The number of para-hydroxylation sites is 1. The molecule has 0 fully saturated rings. The van der Waals surface area contributed by atoms with Crippen molar-refractivity contribution in [3.8, 4) is 11.5 Å². The molecule has 0 heterocycles. The molecule has 0 bridgehead atoms. The Kier molecular flexibility index (Phi) is 3.00. The van der Waals surface area contributed by atoms with Gasteiger partial charge in [0.15, 0.2) is 11.6 Å². The first-order chi connectivity index (χ1) is 8.08. The van der Waals surface area contributed by atoms with Crippen molar-refractivity contribution in [3.05, 3.63) is 53.3 Å². The van der Waals surface area contributed by atoms with Gasteiger partial charge < -0.3 is 10.5 Å². The highest BCUT2D eigenvalue weighted by Crippen LogP contribution is 2.30. The van der Waals surface area contributed by atoms with Crippen LogP contribution in [0, 0.1) is 19.7 Å². The monoisotopic (exact) mass is 231 g/mol. The smallest absolute Gasteiger partial charge is 0.165 e. The molecule has 0 radical (unpaired) electrons. The van der Waals surface area contributed by atoms with E-state index < -0.39 is 0 Å². The Morgan fingerprint density at radius 2 is 1.71 bits per heavy atom. The normalized spacial score (nSPS) is 10.3. The van der Waals surface area contributed by atoms with Gasteiger partial charge in [-0.05, 0) is 49.2 Å². The lowest BCUT2D eigenvalue weighted by Crippen LogP contribution is -1.95. The van der Waals surface area contributed by atoms with Gasteiger partial charge in [0.2, 0.25) is 0 Å². The average Bonchev–Trinajstić information content (AvgIpc) is 2.29. The molecule has 0 aliphatic carbocycles. The van der Waals surface area contributed by atoms with Crippen LogP contribution in [0.4, 0.5) is 10.1 Å². The first-order valence-corrected chi connectivity index (χ1v) is 5.37. The van der Waals surface area contributed by atoms with Crippen molar-refractivity contribution in [3.63, 3.8) is 0 Å². The van der Waals surface area contributed by atoms with Crippen molar-refractivity contribution in [2.24, 2.45) is 0 Å². The molecule has 0 aliphatic heterocycles. The van der Waals surface area contributed by atoms with E-state index in [1.165, 1.54) is 6.07 Å². The van der Waals surface area contributed by atoms with Crippen LogP contribution in [0.25, 0.3) is 0 Å². The molecule has 0 aliphatic rings. The molecular formula is C14H14FNO. The summed E-state index contributed by atoms with van der Waals surface area (Å²) in [6.45, 7) is 3.77. The Morgan fingerprint density at radius 1 is 1.00 bits per heavy atom. The van der Waals surface area contributed by atoms with Crippen LogP contribution < -0.4 is 10.5 Å². The van der Waals surface area contributed by atoms with Gasteiger partial charge in [0.05, 0.1) is 0 Å². The third-order valence-corrected chi connectivity index (χ3v) is 2.62. The molecule has 2 nitrogen and oxygen atoms in total. The van der Waals surface area contributed by atoms with Gasteiger partial charge >= 0.3 is 0 Å². The number of hydrogen-bond donors (Lipinski definition) is 1. The van der Waals surface area contributed by atoms with Gasteiger partial charge in [-0.25, -0.2) is 4.39 Å². The van der Waals surface area contributed by atoms with Crippen molar-refractivity contribution in [2.45, 2.75) is 13.8 Å². The van der Waals surface area contributed by atoms with Crippen LogP contribution in [-0.4, -0.2) is 0 Å². The summed E-state index contributed by atoms with van der Waals surface area (Å²) in [5.41, 5.74) is 8.30. The van der Waals surface area contributed by atoms with E-state index in [4.69, 9.17) is 10.5 Å². The summed E-state index contributed by atoms with van der Waals surface area (Å²) in [5.74, 6) is 0.475. The molecule has 0 aromatic heterocycles. The number of anilines is 1. The van der Waals surface area contributed by atoms with Crippen molar-refractivity contribution in [1.29, 1.82) is 0 Å². The Bertz CT molecular complexity index is 552. The van der Waals surface area contributed by atoms with E-state index in [0.717, 1.165) is 11.1 Å². The number of aryl methyl sites for hydroxylation is 2. The van der Waals surface area contributed by atoms with Crippen LogP contribution in [0.3, 0.4) is 0 Å². The Morgan fingerprint density at radius 3 is 2.41 bits per heavy atom. The Balaban J connectivity index is 2.37. The summed E-state index contributed by atoms with van der Waals surface area (Å²) in [5, 5.41) is 0. The number of hydrogen-bond acceptors (Lipinski definition) is 2. The molecule has 88 valence electrons. The van der Waals surface area contributed by atoms with Crippen LogP contribution in [0.5, 0.6) is 11.5 Å². The fourth-order valence-electron chi connectivity index (χ4n) is 1.57. The Labute approximate surface area is 99.8 Å². The first-order valence-electron chi connectivity index (χ1n) is 5.37. The lowest BCUT2D eigenvalue weighted by Gasteiger charge is -2.11. The fraction of sp³-hybridized carbons (Fsp3) is 0.143. The summed E-state index contributed by atoms with van der Waals surface area (Å²) in [6, 6.07) is 9.97. The molecule has 2 N–H and O–H groups in total. The molecule has 2 rings (SSSR count). The summed E-state index contributed by atoms with van der Waals surface area (Å²) < 4.78 is 19.0.